The number of nitrogens with zero attached hydrogens (tertiary/aromatic N) is 1. The summed E-state index contributed by atoms with van der Waals surface area (Å²) in [6.45, 7) is 0.195. The third-order valence-corrected chi connectivity index (χ3v) is 6.25. The number of methoxy groups -OCH3 is 1. The van der Waals surface area contributed by atoms with E-state index in [1.165, 1.54) is 49.6 Å². The van der Waals surface area contributed by atoms with Gasteiger partial charge >= 0.3 is 0 Å². The summed E-state index contributed by atoms with van der Waals surface area (Å²) >= 11 is 5.81. The quantitative estimate of drug-likeness (QED) is 0.443. The second-order valence-corrected chi connectivity index (χ2v) is 8.76. The van der Waals surface area contributed by atoms with Gasteiger partial charge in [0, 0.05) is 5.02 Å². The van der Waals surface area contributed by atoms with E-state index in [9.17, 15) is 18.1 Å². The van der Waals surface area contributed by atoms with Crippen molar-refractivity contribution in [1.29, 1.82) is 5.26 Å². The second kappa shape index (κ2) is 9.65. The van der Waals surface area contributed by atoms with E-state index in [1.54, 1.807) is 36.4 Å². The van der Waals surface area contributed by atoms with Gasteiger partial charge in [-0.25, -0.2) is 12.8 Å². The van der Waals surface area contributed by atoms with Crippen LogP contribution in [-0.2, 0) is 16.4 Å². The first kappa shape index (κ1) is 22.3. The van der Waals surface area contributed by atoms with Crippen molar-refractivity contribution in [1.82, 2.24) is 0 Å². The molecule has 0 bridgehead atoms. The van der Waals surface area contributed by atoms with Crippen molar-refractivity contribution in [2.24, 2.45) is 0 Å². The Bertz CT molecular complexity index is 1250. The maximum Gasteiger partial charge on any atom is 0.216 e. The Labute approximate surface area is 184 Å². The molecule has 5 nitrogen and oxygen atoms in total. The highest BCUT2D eigenvalue weighted by atomic mass is 35.5. The molecule has 3 aromatic rings. The molecule has 0 aliphatic carbocycles. The first-order valence-electron chi connectivity index (χ1n) is 9.01. The minimum Gasteiger partial charge on any atom is -0.493 e. The van der Waals surface area contributed by atoms with Crippen LogP contribution in [0.5, 0.6) is 11.5 Å². The van der Waals surface area contributed by atoms with E-state index >= 15 is 0 Å². The summed E-state index contributed by atoms with van der Waals surface area (Å²) in [6.07, 6.45) is 1.26. The number of ether oxygens (including phenoxy) is 2. The molecule has 0 unspecified atom stereocenters. The van der Waals surface area contributed by atoms with E-state index in [0.29, 0.717) is 22.1 Å². The van der Waals surface area contributed by atoms with Gasteiger partial charge in [-0.2, -0.15) is 5.26 Å². The zero-order valence-electron chi connectivity index (χ0n) is 16.4. The molecule has 158 valence electrons. The van der Waals surface area contributed by atoms with E-state index in [2.05, 4.69) is 0 Å². The molecule has 0 saturated carbocycles. The molecule has 0 radical (unpaired) electrons. The van der Waals surface area contributed by atoms with Crippen LogP contribution in [0.2, 0.25) is 5.02 Å². The van der Waals surface area contributed by atoms with E-state index < -0.39 is 14.7 Å². The van der Waals surface area contributed by atoms with Gasteiger partial charge in [0.15, 0.2) is 11.5 Å². The molecule has 0 fully saturated rings. The fourth-order valence-corrected chi connectivity index (χ4v) is 3.98. The molecular weight excluding hydrogens is 441 g/mol. The van der Waals surface area contributed by atoms with Crippen LogP contribution >= 0.6 is 11.6 Å². The number of hydrogen-bond donors (Lipinski definition) is 0. The summed E-state index contributed by atoms with van der Waals surface area (Å²) in [4.78, 5) is -0.451. The number of nitriles is 1. The Hall–Kier alpha value is -3.34. The molecule has 3 aromatic carbocycles. The molecule has 0 spiro atoms. The molecule has 0 N–H and O–H groups in total. The highest BCUT2D eigenvalue weighted by molar-refractivity contribution is 7.95. The van der Waals surface area contributed by atoms with Gasteiger partial charge in [0.25, 0.3) is 0 Å². The molecular formula is C23H17ClFNO4S. The van der Waals surface area contributed by atoms with Crippen LogP contribution in [0.4, 0.5) is 4.39 Å². The van der Waals surface area contributed by atoms with E-state index in [-0.39, 0.29) is 17.3 Å². The SMILES string of the molecule is COc1cc(/C=C(\C#N)S(=O)(=O)c2ccc(Cl)cc2)ccc1OCc1ccc(F)cc1. The lowest BCUT2D eigenvalue weighted by Crippen LogP contribution is -2.03. The predicted octanol–water partition coefficient (Wildman–Crippen LogP) is 5.41. The Morgan fingerprint density at radius 1 is 1.06 bits per heavy atom. The van der Waals surface area contributed by atoms with Crippen molar-refractivity contribution in [3.05, 3.63) is 93.6 Å². The zero-order chi connectivity index (χ0) is 22.4. The minimum atomic E-state index is -4.01. The highest BCUT2D eigenvalue weighted by Crippen LogP contribution is 2.31. The van der Waals surface area contributed by atoms with Crippen molar-refractivity contribution in [3.8, 4) is 17.6 Å². The third-order valence-electron chi connectivity index (χ3n) is 4.32. The monoisotopic (exact) mass is 457 g/mol. The standard InChI is InChI=1S/C23H17ClFNO4S/c1-29-23-13-17(4-11-22(23)30-15-16-2-7-19(25)8-3-16)12-21(14-26)31(27,28)20-9-5-18(24)6-10-20/h2-13H,15H2,1H3/b21-12+. The maximum atomic E-state index is 13.0. The lowest BCUT2D eigenvalue weighted by molar-refractivity contribution is 0.284. The Kier molecular flexibility index (Phi) is 6.95. The topological polar surface area (TPSA) is 76.4 Å². The van der Waals surface area contributed by atoms with Crippen LogP contribution in [0.1, 0.15) is 11.1 Å². The van der Waals surface area contributed by atoms with Crippen LogP contribution in [0, 0.1) is 17.1 Å². The molecule has 0 atom stereocenters. The van der Waals surface area contributed by atoms with Gasteiger partial charge < -0.3 is 9.47 Å². The Morgan fingerprint density at radius 2 is 1.74 bits per heavy atom. The van der Waals surface area contributed by atoms with Gasteiger partial charge in [-0.3, -0.25) is 0 Å². The van der Waals surface area contributed by atoms with Crippen molar-refractivity contribution < 1.29 is 22.3 Å². The van der Waals surface area contributed by atoms with E-state index in [0.717, 1.165) is 5.56 Å². The largest absolute Gasteiger partial charge is 0.493 e. The molecule has 0 heterocycles. The van der Waals surface area contributed by atoms with Crippen LogP contribution < -0.4 is 9.47 Å². The zero-order valence-corrected chi connectivity index (χ0v) is 18.0. The molecule has 0 amide bonds. The lowest BCUT2D eigenvalue weighted by atomic mass is 10.2. The van der Waals surface area contributed by atoms with Crippen molar-refractivity contribution in [2.75, 3.05) is 7.11 Å². The number of rotatable bonds is 7. The molecule has 8 heteroatoms. The first-order chi connectivity index (χ1) is 14.8. The van der Waals surface area contributed by atoms with Gasteiger partial charge in [-0.05, 0) is 65.7 Å². The summed E-state index contributed by atoms with van der Waals surface area (Å²) in [5.74, 6) is 0.444. The van der Waals surface area contributed by atoms with Gasteiger partial charge in [-0.1, -0.05) is 29.8 Å². The summed E-state index contributed by atoms with van der Waals surface area (Å²) in [5.41, 5.74) is 1.22. The fraction of sp³-hybridized carbons (Fsp3) is 0.0870. The predicted molar refractivity (Wildman–Crippen MR) is 116 cm³/mol. The number of hydrogen-bond acceptors (Lipinski definition) is 5. The van der Waals surface area contributed by atoms with E-state index in [1.807, 2.05) is 0 Å². The normalized spacial score (nSPS) is 11.6. The summed E-state index contributed by atoms with van der Waals surface area (Å²) in [7, 11) is -2.56. The highest BCUT2D eigenvalue weighted by Gasteiger charge is 2.21. The Morgan fingerprint density at radius 3 is 2.35 bits per heavy atom. The molecule has 31 heavy (non-hydrogen) atoms. The van der Waals surface area contributed by atoms with Gasteiger partial charge in [0.1, 0.15) is 23.4 Å². The smallest absolute Gasteiger partial charge is 0.216 e. The summed E-state index contributed by atoms with van der Waals surface area (Å²) in [5, 5.41) is 9.83. The van der Waals surface area contributed by atoms with Gasteiger partial charge in [-0.15, -0.1) is 0 Å². The van der Waals surface area contributed by atoms with Crippen LogP contribution in [0.25, 0.3) is 6.08 Å². The van der Waals surface area contributed by atoms with Crippen LogP contribution in [0.15, 0.2) is 76.5 Å². The number of benzene rings is 3. The van der Waals surface area contributed by atoms with Gasteiger partial charge in [0.05, 0.1) is 12.0 Å². The minimum absolute atomic E-state index is 0.0316. The number of allylic oxidation sites excluding steroid dienone is 1. The van der Waals surface area contributed by atoms with E-state index in [4.69, 9.17) is 21.1 Å². The third kappa shape index (κ3) is 5.43. The molecule has 0 aromatic heterocycles. The average Bonchev–Trinajstić information content (AvgIpc) is 2.77. The summed E-state index contributed by atoms with van der Waals surface area (Å²) < 4.78 is 49.6. The van der Waals surface area contributed by atoms with Crippen molar-refractivity contribution in [3.63, 3.8) is 0 Å². The van der Waals surface area contributed by atoms with Crippen LogP contribution in [0.3, 0.4) is 0 Å². The first-order valence-corrected chi connectivity index (χ1v) is 10.9. The van der Waals surface area contributed by atoms with Gasteiger partial charge in [0.2, 0.25) is 9.84 Å². The lowest BCUT2D eigenvalue weighted by Gasteiger charge is -2.12. The van der Waals surface area contributed by atoms with Crippen LogP contribution in [-0.4, -0.2) is 15.5 Å². The van der Waals surface area contributed by atoms with Crippen molar-refractivity contribution >= 4 is 27.5 Å². The number of halogens is 2. The summed E-state index contributed by atoms with van der Waals surface area (Å²) in [6, 6.07) is 18.0. The molecule has 0 aliphatic rings. The molecule has 3 rings (SSSR count). The maximum absolute atomic E-state index is 13.0. The molecule has 0 aliphatic heterocycles. The molecule has 0 saturated heterocycles. The number of sulfone groups is 1. The Balaban J connectivity index is 1.86. The fourth-order valence-electron chi connectivity index (χ4n) is 2.70. The average molecular weight is 458 g/mol. The second-order valence-electron chi connectivity index (χ2n) is 6.40. The van der Waals surface area contributed by atoms with Crippen molar-refractivity contribution in [2.45, 2.75) is 11.5 Å².